The summed E-state index contributed by atoms with van der Waals surface area (Å²) in [4.78, 5) is 8.66. The zero-order valence-corrected chi connectivity index (χ0v) is 9.51. The molecule has 0 unspecified atom stereocenters. The van der Waals surface area contributed by atoms with Gasteiger partial charge in [0.2, 0.25) is 0 Å². The van der Waals surface area contributed by atoms with Crippen molar-refractivity contribution in [3.05, 3.63) is 42.2 Å². The van der Waals surface area contributed by atoms with Crippen LogP contribution in [0.2, 0.25) is 0 Å². The van der Waals surface area contributed by atoms with Crippen molar-refractivity contribution >= 4 is 5.82 Å². The van der Waals surface area contributed by atoms with Gasteiger partial charge in [-0.25, -0.2) is 4.98 Å². The van der Waals surface area contributed by atoms with E-state index in [1.807, 2.05) is 30.5 Å². The highest BCUT2D eigenvalue weighted by molar-refractivity contribution is 5.59. The van der Waals surface area contributed by atoms with Gasteiger partial charge in [-0.05, 0) is 30.2 Å². The van der Waals surface area contributed by atoms with Crippen LogP contribution in [-0.2, 0) is 0 Å². The Morgan fingerprint density at radius 2 is 1.94 bits per heavy atom. The second-order valence-electron chi connectivity index (χ2n) is 4.07. The van der Waals surface area contributed by atoms with Crippen LogP contribution in [0, 0.1) is 0 Å². The molecule has 2 heterocycles. The molecular weight excluding hydrogens is 198 g/mol. The molecule has 2 aromatic heterocycles. The number of aromatic nitrogens is 2. The molecule has 0 radical (unpaired) electrons. The third-order valence-electron chi connectivity index (χ3n) is 2.44. The fraction of sp³-hybridized carbons (Fsp3) is 0.231. The zero-order chi connectivity index (χ0) is 11.5. The molecule has 2 N–H and O–H groups in total. The second kappa shape index (κ2) is 4.31. The number of nitrogens with two attached hydrogens (primary N) is 1. The highest BCUT2D eigenvalue weighted by Crippen LogP contribution is 2.19. The largest absolute Gasteiger partial charge is 0.384 e. The topological polar surface area (TPSA) is 51.8 Å². The van der Waals surface area contributed by atoms with Gasteiger partial charge in [0, 0.05) is 17.5 Å². The molecule has 16 heavy (non-hydrogen) atoms. The van der Waals surface area contributed by atoms with Gasteiger partial charge < -0.3 is 5.73 Å². The predicted octanol–water partition coefficient (Wildman–Crippen LogP) is 2.85. The second-order valence-corrected chi connectivity index (χ2v) is 4.07. The Morgan fingerprint density at radius 1 is 1.12 bits per heavy atom. The first-order valence-corrected chi connectivity index (χ1v) is 5.35. The van der Waals surface area contributed by atoms with Crippen molar-refractivity contribution in [1.82, 2.24) is 9.97 Å². The van der Waals surface area contributed by atoms with Crippen molar-refractivity contribution in [3.8, 4) is 11.3 Å². The third kappa shape index (κ3) is 2.19. The van der Waals surface area contributed by atoms with Gasteiger partial charge in [0.25, 0.3) is 0 Å². The van der Waals surface area contributed by atoms with Crippen LogP contribution in [0.5, 0.6) is 0 Å². The number of nitrogen functional groups attached to an aromatic ring is 1. The molecule has 0 fully saturated rings. The van der Waals surface area contributed by atoms with E-state index >= 15 is 0 Å². The van der Waals surface area contributed by atoms with Crippen molar-refractivity contribution in [3.63, 3.8) is 0 Å². The standard InChI is InChI=1S/C13H15N3/c1-9(2)11-7-6-10(8-15-11)12-4-3-5-13(14)16-12/h3-9H,1-2H3,(H2,14,16). The summed E-state index contributed by atoms with van der Waals surface area (Å²) in [6.07, 6.45) is 1.84. The summed E-state index contributed by atoms with van der Waals surface area (Å²) in [6.45, 7) is 4.25. The number of nitrogens with zero attached hydrogens (tertiary/aromatic N) is 2. The Bertz CT molecular complexity index is 475. The van der Waals surface area contributed by atoms with Crippen molar-refractivity contribution in [2.24, 2.45) is 0 Å². The van der Waals surface area contributed by atoms with E-state index in [9.17, 15) is 0 Å². The molecule has 0 spiro atoms. The van der Waals surface area contributed by atoms with Crippen molar-refractivity contribution in [1.29, 1.82) is 0 Å². The van der Waals surface area contributed by atoms with E-state index in [1.165, 1.54) is 0 Å². The van der Waals surface area contributed by atoms with E-state index < -0.39 is 0 Å². The Hall–Kier alpha value is -1.90. The first-order chi connectivity index (χ1) is 7.66. The number of hydrogen-bond donors (Lipinski definition) is 1. The normalized spacial score (nSPS) is 10.7. The molecular formula is C13H15N3. The summed E-state index contributed by atoms with van der Waals surface area (Å²) in [6, 6.07) is 9.67. The van der Waals surface area contributed by atoms with E-state index in [2.05, 4.69) is 23.8 Å². The molecule has 0 aliphatic rings. The van der Waals surface area contributed by atoms with Crippen LogP contribution in [0.25, 0.3) is 11.3 Å². The van der Waals surface area contributed by atoms with Crippen molar-refractivity contribution in [2.75, 3.05) is 5.73 Å². The maximum atomic E-state index is 5.64. The molecule has 0 atom stereocenters. The third-order valence-corrected chi connectivity index (χ3v) is 2.44. The van der Waals surface area contributed by atoms with Crippen LogP contribution < -0.4 is 5.73 Å². The average Bonchev–Trinajstić information content (AvgIpc) is 2.29. The highest BCUT2D eigenvalue weighted by atomic mass is 14.8. The van der Waals surface area contributed by atoms with Gasteiger partial charge in [-0.15, -0.1) is 0 Å². The number of rotatable bonds is 2. The Morgan fingerprint density at radius 3 is 2.50 bits per heavy atom. The van der Waals surface area contributed by atoms with Crippen molar-refractivity contribution in [2.45, 2.75) is 19.8 Å². The molecule has 82 valence electrons. The molecule has 0 amide bonds. The van der Waals surface area contributed by atoms with Crippen LogP contribution in [0.3, 0.4) is 0 Å². The summed E-state index contributed by atoms with van der Waals surface area (Å²) in [7, 11) is 0. The molecule has 0 aromatic carbocycles. The Balaban J connectivity index is 2.35. The van der Waals surface area contributed by atoms with Gasteiger partial charge in [0.15, 0.2) is 0 Å². The molecule has 3 nitrogen and oxygen atoms in total. The number of pyridine rings is 2. The van der Waals surface area contributed by atoms with E-state index in [0.29, 0.717) is 11.7 Å². The summed E-state index contributed by atoms with van der Waals surface area (Å²) >= 11 is 0. The van der Waals surface area contributed by atoms with Gasteiger partial charge in [0.05, 0.1) is 5.69 Å². The predicted molar refractivity (Wildman–Crippen MR) is 66.0 cm³/mol. The Labute approximate surface area is 95.4 Å². The summed E-state index contributed by atoms with van der Waals surface area (Å²) in [5, 5.41) is 0. The fourth-order valence-corrected chi connectivity index (χ4v) is 1.51. The minimum absolute atomic E-state index is 0.447. The molecule has 0 aliphatic heterocycles. The number of hydrogen-bond acceptors (Lipinski definition) is 3. The lowest BCUT2D eigenvalue weighted by Gasteiger charge is -2.05. The van der Waals surface area contributed by atoms with E-state index in [0.717, 1.165) is 17.0 Å². The van der Waals surface area contributed by atoms with Gasteiger partial charge in [-0.1, -0.05) is 19.9 Å². The summed E-state index contributed by atoms with van der Waals surface area (Å²) < 4.78 is 0. The summed E-state index contributed by atoms with van der Waals surface area (Å²) in [5.74, 6) is 0.980. The van der Waals surface area contributed by atoms with Gasteiger partial charge >= 0.3 is 0 Å². The zero-order valence-electron chi connectivity index (χ0n) is 9.51. The first-order valence-electron chi connectivity index (χ1n) is 5.35. The lowest BCUT2D eigenvalue weighted by atomic mass is 10.1. The molecule has 0 aliphatic carbocycles. The smallest absolute Gasteiger partial charge is 0.124 e. The van der Waals surface area contributed by atoms with Crippen molar-refractivity contribution < 1.29 is 0 Å². The monoisotopic (exact) mass is 213 g/mol. The SMILES string of the molecule is CC(C)c1ccc(-c2cccc(N)n2)cn1. The van der Waals surface area contributed by atoms with Gasteiger partial charge in [-0.2, -0.15) is 0 Å². The molecule has 0 saturated carbocycles. The van der Waals surface area contributed by atoms with Gasteiger partial charge in [0.1, 0.15) is 5.82 Å². The quantitative estimate of drug-likeness (QED) is 0.834. The van der Waals surface area contributed by atoms with Gasteiger partial charge in [-0.3, -0.25) is 4.98 Å². The average molecular weight is 213 g/mol. The Kier molecular flexibility index (Phi) is 2.86. The first kappa shape index (κ1) is 10.6. The minimum Gasteiger partial charge on any atom is -0.384 e. The van der Waals surface area contributed by atoms with E-state index in [4.69, 9.17) is 5.73 Å². The van der Waals surface area contributed by atoms with Crippen LogP contribution >= 0.6 is 0 Å². The highest BCUT2D eigenvalue weighted by Gasteiger charge is 2.03. The molecule has 0 bridgehead atoms. The summed E-state index contributed by atoms with van der Waals surface area (Å²) in [5.41, 5.74) is 8.59. The van der Waals surface area contributed by atoms with Crippen LogP contribution in [-0.4, -0.2) is 9.97 Å². The van der Waals surface area contributed by atoms with E-state index in [-0.39, 0.29) is 0 Å². The molecule has 3 heteroatoms. The maximum absolute atomic E-state index is 5.64. The van der Waals surface area contributed by atoms with E-state index in [1.54, 1.807) is 6.07 Å². The fourth-order valence-electron chi connectivity index (χ4n) is 1.51. The van der Waals surface area contributed by atoms with Crippen LogP contribution in [0.15, 0.2) is 36.5 Å². The number of anilines is 1. The van der Waals surface area contributed by atoms with Crippen LogP contribution in [0.4, 0.5) is 5.82 Å². The maximum Gasteiger partial charge on any atom is 0.124 e. The molecule has 2 rings (SSSR count). The minimum atomic E-state index is 0.447. The molecule has 2 aromatic rings. The lowest BCUT2D eigenvalue weighted by molar-refractivity contribution is 0.823. The lowest BCUT2D eigenvalue weighted by Crippen LogP contribution is -1.94. The van der Waals surface area contributed by atoms with Crippen LogP contribution in [0.1, 0.15) is 25.5 Å². The molecule has 0 saturated heterocycles.